The average Bonchev–Trinajstić information content (AvgIpc) is 3.56. The zero-order valence-electron chi connectivity index (χ0n) is 26.5. The van der Waals surface area contributed by atoms with Crippen molar-refractivity contribution < 1.29 is 0 Å². The summed E-state index contributed by atoms with van der Waals surface area (Å²) in [6, 6.07) is 50.9. The third-order valence-corrected chi connectivity index (χ3v) is 9.76. The van der Waals surface area contributed by atoms with Crippen LogP contribution in [0, 0.1) is 20.9 Å². The average molecular weight is 625 g/mol. The van der Waals surface area contributed by atoms with Crippen molar-refractivity contribution in [2.45, 2.75) is 5.92 Å². The van der Waals surface area contributed by atoms with Gasteiger partial charge in [0.05, 0.1) is 17.0 Å². The van der Waals surface area contributed by atoms with E-state index in [0.717, 1.165) is 38.5 Å². The Kier molecular flexibility index (Phi) is 6.21. The highest BCUT2D eigenvalue weighted by atomic mass is 15.0. The molecule has 2 aliphatic carbocycles. The monoisotopic (exact) mass is 624 g/mol. The van der Waals surface area contributed by atoms with Crippen molar-refractivity contribution >= 4 is 16.8 Å². The van der Waals surface area contributed by atoms with E-state index in [-0.39, 0.29) is 5.92 Å². The summed E-state index contributed by atoms with van der Waals surface area (Å²) < 4.78 is 0. The largest absolute Gasteiger partial charge is 0.247 e. The van der Waals surface area contributed by atoms with E-state index < -0.39 is 0 Å². The van der Waals surface area contributed by atoms with E-state index in [1.54, 1.807) is 0 Å². The van der Waals surface area contributed by atoms with Gasteiger partial charge in [0.15, 0.2) is 11.6 Å². The molecule has 4 nitrogen and oxygen atoms in total. The van der Waals surface area contributed by atoms with Gasteiger partial charge < -0.3 is 0 Å². The van der Waals surface area contributed by atoms with Crippen molar-refractivity contribution in [2.75, 3.05) is 0 Å². The van der Waals surface area contributed by atoms with Crippen LogP contribution in [0.4, 0.5) is 5.69 Å². The third kappa shape index (κ3) is 4.38. The van der Waals surface area contributed by atoms with Crippen LogP contribution in [-0.4, -0.2) is 15.0 Å². The lowest BCUT2D eigenvalue weighted by Gasteiger charge is -2.25. The Morgan fingerprint density at radius 3 is 1.73 bits per heavy atom. The van der Waals surface area contributed by atoms with Crippen LogP contribution in [0.5, 0.6) is 0 Å². The Bertz CT molecular complexity index is 2820. The Balaban J connectivity index is 1.33. The molecule has 0 saturated carbocycles. The number of aromatic nitrogens is 3. The lowest BCUT2D eigenvalue weighted by molar-refractivity contribution is 0.892. The van der Waals surface area contributed by atoms with Crippen LogP contribution in [0.15, 0.2) is 169 Å². The van der Waals surface area contributed by atoms with E-state index in [2.05, 4.69) is 127 Å². The van der Waals surface area contributed by atoms with Crippen molar-refractivity contribution in [1.82, 2.24) is 15.0 Å². The maximum Gasteiger partial charge on any atom is 0.163 e. The third-order valence-electron chi connectivity index (χ3n) is 9.76. The molecule has 1 aliphatic heterocycles. The molecule has 3 aliphatic rings. The van der Waals surface area contributed by atoms with Crippen molar-refractivity contribution in [3.8, 4) is 33.9 Å². The minimum atomic E-state index is -0.227. The van der Waals surface area contributed by atoms with E-state index in [1.807, 2.05) is 36.4 Å². The van der Waals surface area contributed by atoms with Gasteiger partial charge in [-0.1, -0.05) is 158 Å². The second-order valence-corrected chi connectivity index (χ2v) is 12.5. The minimum Gasteiger partial charge on any atom is -0.247 e. The Labute approximate surface area is 282 Å². The van der Waals surface area contributed by atoms with Gasteiger partial charge in [-0.15, -0.1) is 0 Å². The first-order valence-corrected chi connectivity index (χ1v) is 16.6. The minimum absolute atomic E-state index is 0.227. The van der Waals surface area contributed by atoms with Crippen LogP contribution >= 0.6 is 0 Å². The predicted octanol–water partition coefficient (Wildman–Crippen LogP) is 8.61. The van der Waals surface area contributed by atoms with E-state index >= 15 is 0 Å². The molecular formula is C45H28N4. The Morgan fingerprint density at radius 1 is 0.449 bits per heavy atom. The normalized spacial score (nSPS) is 17.5. The highest BCUT2D eigenvalue weighted by molar-refractivity contribution is 6.03. The summed E-state index contributed by atoms with van der Waals surface area (Å²) in [6.45, 7) is 0. The van der Waals surface area contributed by atoms with Crippen LogP contribution in [0.1, 0.15) is 17.3 Å². The molecule has 0 radical (unpaired) electrons. The fraction of sp³-hybridized carbons (Fsp3) is 0.0222. The number of rotatable bonds is 3. The number of fused-ring (bicyclic) bond motifs is 9. The van der Waals surface area contributed by atoms with Crippen molar-refractivity contribution in [2.24, 2.45) is 4.99 Å². The van der Waals surface area contributed by atoms with Crippen molar-refractivity contribution in [3.05, 3.63) is 207 Å². The molecule has 2 heterocycles. The fourth-order valence-corrected chi connectivity index (χ4v) is 7.57. The molecular weight excluding hydrogens is 597 g/mol. The smallest absolute Gasteiger partial charge is 0.163 e. The number of allylic oxidation sites excluding steroid dienone is 4. The first kappa shape index (κ1) is 27.6. The highest BCUT2D eigenvalue weighted by Crippen LogP contribution is 2.41. The molecule has 0 fully saturated rings. The summed E-state index contributed by atoms with van der Waals surface area (Å²) in [5.41, 5.74) is 8.75. The number of benzene rings is 6. The van der Waals surface area contributed by atoms with Crippen LogP contribution in [0.3, 0.4) is 0 Å². The molecule has 7 aromatic rings. The molecule has 0 N–H and O–H groups in total. The lowest BCUT2D eigenvalue weighted by atomic mass is 9.80. The van der Waals surface area contributed by atoms with Gasteiger partial charge in [0, 0.05) is 27.5 Å². The van der Waals surface area contributed by atoms with Crippen LogP contribution < -0.4 is 10.6 Å². The molecule has 0 bridgehead atoms. The van der Waals surface area contributed by atoms with Gasteiger partial charge in [0.2, 0.25) is 0 Å². The van der Waals surface area contributed by atoms with Gasteiger partial charge in [0.1, 0.15) is 5.82 Å². The first-order valence-electron chi connectivity index (χ1n) is 16.6. The standard InChI is InChI=1S/C45H28N4/c1-3-14-28(15-4-1)43-47-44(29-16-5-2-6-17-29)49-45(48-43)38-24-13-23-35-36-26-27-37-32-20-11-12-25-39(32)46-42(37)41(36)34-22-10-8-19-31(34)30-18-7-9-21-33(30)40(35)38/h1-27,38H/b31-30-,40-33+,41-34+. The second-order valence-electron chi connectivity index (χ2n) is 12.5. The molecule has 49 heavy (non-hydrogen) atoms. The van der Waals surface area contributed by atoms with Gasteiger partial charge in [-0.2, -0.15) is 0 Å². The van der Waals surface area contributed by atoms with E-state index in [9.17, 15) is 0 Å². The zero-order valence-corrected chi connectivity index (χ0v) is 26.5. The molecule has 6 aromatic carbocycles. The summed E-state index contributed by atoms with van der Waals surface area (Å²) in [7, 11) is 0. The molecule has 1 aromatic heterocycles. The predicted molar refractivity (Wildman–Crippen MR) is 195 cm³/mol. The van der Waals surface area contributed by atoms with Crippen molar-refractivity contribution in [1.29, 1.82) is 0 Å². The number of para-hydroxylation sites is 1. The summed E-state index contributed by atoms with van der Waals surface area (Å²) in [5, 5.41) is 6.90. The van der Waals surface area contributed by atoms with Gasteiger partial charge in [0.25, 0.3) is 0 Å². The molecule has 0 spiro atoms. The zero-order chi connectivity index (χ0) is 32.3. The SMILES string of the molecule is C1=CC(c2nc(-c3ccccc3)nc(-c3ccccc3)n2)\C2=c3/cccc/c3=c3\cccc\c3=c3\c(ccc4c3=Nc3ccccc3-4)C2=C1. The molecule has 0 amide bonds. The van der Waals surface area contributed by atoms with Crippen molar-refractivity contribution in [3.63, 3.8) is 0 Å². The molecule has 0 saturated heterocycles. The Hall–Kier alpha value is -6.52. The van der Waals surface area contributed by atoms with Crippen LogP contribution in [0.2, 0.25) is 0 Å². The van der Waals surface area contributed by atoms with Gasteiger partial charge in [-0.05, 0) is 43.7 Å². The summed E-state index contributed by atoms with van der Waals surface area (Å²) in [4.78, 5) is 20.7. The van der Waals surface area contributed by atoms with E-state index in [4.69, 9.17) is 19.9 Å². The molecule has 228 valence electrons. The fourth-order valence-electron chi connectivity index (χ4n) is 7.57. The summed E-state index contributed by atoms with van der Waals surface area (Å²) in [6.07, 6.45) is 6.65. The molecule has 10 rings (SSSR count). The second kappa shape index (κ2) is 11.0. The maximum atomic E-state index is 5.27. The van der Waals surface area contributed by atoms with Gasteiger partial charge in [-0.3, -0.25) is 0 Å². The maximum absolute atomic E-state index is 5.27. The Morgan fingerprint density at radius 2 is 1.02 bits per heavy atom. The number of nitrogens with zero attached hydrogens (tertiary/aromatic N) is 4. The molecule has 4 heteroatoms. The lowest BCUT2D eigenvalue weighted by Crippen LogP contribution is -2.21. The molecule has 1 unspecified atom stereocenters. The highest BCUT2D eigenvalue weighted by Gasteiger charge is 2.28. The van der Waals surface area contributed by atoms with Gasteiger partial charge >= 0.3 is 0 Å². The van der Waals surface area contributed by atoms with Gasteiger partial charge in [-0.25, -0.2) is 19.9 Å². The quantitative estimate of drug-likeness (QED) is 0.198. The molecule has 1 atom stereocenters. The van der Waals surface area contributed by atoms with Crippen LogP contribution in [-0.2, 0) is 0 Å². The number of hydrogen-bond acceptors (Lipinski definition) is 4. The summed E-state index contributed by atoms with van der Waals surface area (Å²) >= 11 is 0. The topological polar surface area (TPSA) is 51.0 Å². The van der Waals surface area contributed by atoms with E-state index in [1.165, 1.54) is 37.6 Å². The first-order chi connectivity index (χ1) is 24.3. The van der Waals surface area contributed by atoms with Crippen LogP contribution in [0.25, 0.3) is 45.0 Å². The number of hydrogen-bond donors (Lipinski definition) is 0. The van der Waals surface area contributed by atoms with E-state index in [0.29, 0.717) is 17.5 Å². The summed E-state index contributed by atoms with van der Waals surface area (Å²) in [5.74, 6) is 1.81.